The van der Waals surface area contributed by atoms with Crippen LogP contribution in [0.1, 0.15) is 50.0 Å². The highest BCUT2D eigenvalue weighted by Gasteiger charge is 2.38. The number of carbonyl (C=O) groups excluding carboxylic acids is 1. The van der Waals surface area contributed by atoms with Gasteiger partial charge in [0, 0.05) is 17.0 Å². The molecular formula is C24H29ClF2N2O3. The van der Waals surface area contributed by atoms with Crippen LogP contribution in [-0.2, 0) is 10.7 Å². The molecule has 0 aliphatic carbocycles. The molecule has 1 aliphatic rings. The molecule has 1 aliphatic heterocycles. The summed E-state index contributed by atoms with van der Waals surface area (Å²) in [6.07, 6.45) is -1.37. The molecule has 0 spiro atoms. The molecule has 2 aromatic rings. The van der Waals surface area contributed by atoms with Crippen LogP contribution in [-0.4, -0.2) is 47.4 Å². The van der Waals surface area contributed by atoms with Crippen molar-refractivity contribution in [2.24, 2.45) is 0 Å². The van der Waals surface area contributed by atoms with E-state index in [2.05, 4.69) is 5.32 Å². The molecule has 1 fully saturated rings. The molecule has 1 saturated heterocycles. The van der Waals surface area contributed by atoms with Gasteiger partial charge in [0.05, 0.1) is 31.3 Å². The van der Waals surface area contributed by atoms with Crippen molar-refractivity contribution < 1.29 is 23.4 Å². The first kappa shape index (κ1) is 24.4. The Kier molecular flexibility index (Phi) is 7.43. The van der Waals surface area contributed by atoms with E-state index in [1.54, 1.807) is 61.2 Å². The number of urea groups is 1. The fourth-order valence-corrected chi connectivity index (χ4v) is 3.63. The van der Waals surface area contributed by atoms with Crippen molar-refractivity contribution in [2.75, 3.05) is 19.7 Å². The van der Waals surface area contributed by atoms with Gasteiger partial charge in [0.2, 0.25) is 0 Å². The second-order valence-corrected chi connectivity index (χ2v) is 9.15. The van der Waals surface area contributed by atoms with Gasteiger partial charge in [-0.3, -0.25) is 0 Å². The number of hydrogen-bond acceptors (Lipinski definition) is 3. The molecule has 5 nitrogen and oxygen atoms in total. The summed E-state index contributed by atoms with van der Waals surface area (Å²) >= 11 is 6.02. The van der Waals surface area contributed by atoms with E-state index < -0.39 is 17.6 Å². The second kappa shape index (κ2) is 9.73. The molecule has 3 rings (SSSR count). The van der Waals surface area contributed by atoms with Crippen LogP contribution >= 0.6 is 11.6 Å². The minimum Gasteiger partial charge on any atom is -0.394 e. The number of nitrogens with zero attached hydrogens (tertiary/aromatic N) is 1. The van der Waals surface area contributed by atoms with Crippen LogP contribution in [0.5, 0.6) is 0 Å². The molecule has 174 valence electrons. The average molecular weight is 467 g/mol. The third-order valence-corrected chi connectivity index (χ3v) is 5.81. The maximum atomic E-state index is 14.7. The lowest BCUT2D eigenvalue weighted by molar-refractivity contribution is -0.0688. The van der Waals surface area contributed by atoms with E-state index in [0.29, 0.717) is 29.2 Å². The van der Waals surface area contributed by atoms with Crippen LogP contribution in [0.4, 0.5) is 13.6 Å². The van der Waals surface area contributed by atoms with Crippen molar-refractivity contribution in [2.45, 2.75) is 50.9 Å². The number of rotatable bonds is 8. The number of ether oxygens (including phenoxy) is 1. The molecule has 2 aromatic carbocycles. The van der Waals surface area contributed by atoms with Gasteiger partial charge in [0.1, 0.15) is 6.10 Å². The predicted octanol–water partition coefficient (Wildman–Crippen LogP) is 5.11. The maximum absolute atomic E-state index is 14.7. The second-order valence-electron chi connectivity index (χ2n) is 8.71. The summed E-state index contributed by atoms with van der Waals surface area (Å²) in [6.45, 7) is 5.35. The quantitative estimate of drug-likeness (QED) is 0.568. The fraction of sp³-hybridized carbons (Fsp3) is 0.458. The van der Waals surface area contributed by atoms with Crippen molar-refractivity contribution in [3.05, 3.63) is 70.2 Å². The maximum Gasteiger partial charge on any atom is 0.318 e. The Morgan fingerprint density at radius 1 is 1.22 bits per heavy atom. The van der Waals surface area contributed by atoms with Crippen molar-refractivity contribution in [3.8, 4) is 0 Å². The third kappa shape index (κ3) is 5.57. The van der Waals surface area contributed by atoms with E-state index in [-0.39, 0.29) is 30.7 Å². The van der Waals surface area contributed by atoms with Crippen LogP contribution in [0.3, 0.4) is 0 Å². The number of nitrogens with one attached hydrogen (secondary N) is 1. The summed E-state index contributed by atoms with van der Waals surface area (Å²) in [6, 6.07) is 13.0. The Labute approximate surface area is 192 Å². The van der Waals surface area contributed by atoms with Gasteiger partial charge < -0.3 is 20.1 Å². The summed E-state index contributed by atoms with van der Waals surface area (Å²) in [5.74, 6) is -2.99. The van der Waals surface area contributed by atoms with Crippen molar-refractivity contribution in [1.82, 2.24) is 10.2 Å². The van der Waals surface area contributed by atoms with E-state index in [9.17, 15) is 18.7 Å². The molecule has 1 heterocycles. The average Bonchev–Trinajstić information content (AvgIpc) is 2.73. The molecule has 1 unspecified atom stereocenters. The Balaban J connectivity index is 1.82. The summed E-state index contributed by atoms with van der Waals surface area (Å²) < 4.78 is 35.7. The van der Waals surface area contributed by atoms with E-state index >= 15 is 0 Å². The largest absolute Gasteiger partial charge is 0.394 e. The molecule has 0 saturated carbocycles. The highest BCUT2D eigenvalue weighted by Crippen LogP contribution is 2.40. The van der Waals surface area contributed by atoms with Crippen LogP contribution in [0.25, 0.3) is 0 Å². The minimum atomic E-state index is -2.99. The lowest BCUT2D eigenvalue weighted by Gasteiger charge is -2.42. The van der Waals surface area contributed by atoms with E-state index in [4.69, 9.17) is 16.3 Å². The number of likely N-dealkylation sites (tertiary alicyclic amines) is 1. The number of aliphatic hydroxyl groups is 1. The van der Waals surface area contributed by atoms with Gasteiger partial charge in [-0.05, 0) is 37.1 Å². The van der Waals surface area contributed by atoms with E-state index in [0.717, 1.165) is 0 Å². The molecule has 1 atom stereocenters. The first-order valence-electron chi connectivity index (χ1n) is 10.6. The zero-order chi connectivity index (χ0) is 23.5. The van der Waals surface area contributed by atoms with Gasteiger partial charge in [-0.2, -0.15) is 0 Å². The third-order valence-electron chi connectivity index (χ3n) is 5.56. The minimum absolute atomic E-state index is 0.0685. The first-order chi connectivity index (χ1) is 15.1. The molecule has 0 radical (unpaired) electrons. The number of hydrogen-bond donors (Lipinski definition) is 2. The standard InChI is InChI=1S/C24H29ClF2N2O3/c1-4-24(26,27)20-8-6-5-7-19(20)21(16-9-11-17(25)12-10-16)32-18-13-29(14-18)22(31)28-23(2,3)15-30/h5-12,18,21,30H,4,13-15H2,1-3H3,(H,28,31). The normalized spacial score (nSPS) is 15.9. The Morgan fingerprint density at radius 3 is 2.44 bits per heavy atom. The van der Waals surface area contributed by atoms with Gasteiger partial charge in [-0.25, -0.2) is 13.6 Å². The van der Waals surface area contributed by atoms with Crippen molar-refractivity contribution in [3.63, 3.8) is 0 Å². The van der Waals surface area contributed by atoms with Gasteiger partial charge in [0.25, 0.3) is 5.92 Å². The molecule has 8 heteroatoms. The van der Waals surface area contributed by atoms with E-state index in [1.165, 1.54) is 13.0 Å². The Hall–Kier alpha value is -2.22. The van der Waals surface area contributed by atoms with Crippen LogP contribution < -0.4 is 5.32 Å². The monoisotopic (exact) mass is 466 g/mol. The molecule has 0 bridgehead atoms. The number of aliphatic hydroxyl groups excluding tert-OH is 1. The zero-order valence-corrected chi connectivity index (χ0v) is 19.2. The number of carbonyl (C=O) groups is 1. The van der Waals surface area contributed by atoms with Crippen LogP contribution in [0.2, 0.25) is 5.02 Å². The predicted molar refractivity (Wildman–Crippen MR) is 120 cm³/mol. The van der Waals surface area contributed by atoms with E-state index in [1.807, 2.05) is 0 Å². The Bertz CT molecular complexity index is 931. The number of benzene rings is 2. The summed E-state index contributed by atoms with van der Waals surface area (Å²) in [7, 11) is 0. The summed E-state index contributed by atoms with van der Waals surface area (Å²) in [5.41, 5.74) is 0.296. The highest BCUT2D eigenvalue weighted by molar-refractivity contribution is 6.30. The van der Waals surface area contributed by atoms with Crippen molar-refractivity contribution >= 4 is 17.6 Å². The van der Waals surface area contributed by atoms with Gasteiger partial charge in [0.15, 0.2) is 0 Å². The highest BCUT2D eigenvalue weighted by atomic mass is 35.5. The summed E-state index contributed by atoms with van der Waals surface area (Å²) in [5, 5.41) is 12.6. The first-order valence-corrected chi connectivity index (χ1v) is 11.0. The van der Waals surface area contributed by atoms with Gasteiger partial charge in [-0.15, -0.1) is 0 Å². The lowest BCUT2D eigenvalue weighted by atomic mass is 9.92. The number of alkyl halides is 2. The number of halogens is 3. The molecule has 2 amide bonds. The Morgan fingerprint density at radius 2 is 1.84 bits per heavy atom. The number of amides is 2. The lowest BCUT2D eigenvalue weighted by Crippen LogP contribution is -2.61. The van der Waals surface area contributed by atoms with Crippen molar-refractivity contribution in [1.29, 1.82) is 0 Å². The zero-order valence-electron chi connectivity index (χ0n) is 18.4. The molecule has 2 N–H and O–H groups in total. The smallest absolute Gasteiger partial charge is 0.318 e. The van der Waals surface area contributed by atoms with Gasteiger partial charge in [-0.1, -0.05) is 54.9 Å². The molecule has 32 heavy (non-hydrogen) atoms. The topological polar surface area (TPSA) is 61.8 Å². The van der Waals surface area contributed by atoms with Crippen LogP contribution in [0, 0.1) is 0 Å². The SMILES string of the molecule is CCC(F)(F)c1ccccc1C(OC1CN(C(=O)NC(C)(C)CO)C1)c1ccc(Cl)cc1. The molecule has 0 aromatic heterocycles. The summed E-state index contributed by atoms with van der Waals surface area (Å²) in [4.78, 5) is 13.9. The molecular weight excluding hydrogens is 438 g/mol. The van der Waals surface area contributed by atoms with Gasteiger partial charge >= 0.3 is 6.03 Å². The van der Waals surface area contributed by atoms with Crippen LogP contribution in [0.15, 0.2) is 48.5 Å². The fourth-order valence-electron chi connectivity index (χ4n) is 3.51.